The Morgan fingerprint density at radius 1 is 0.940 bits per heavy atom. The number of aromatic nitrogens is 3. The maximum atomic E-state index is 12.8. The van der Waals surface area contributed by atoms with E-state index in [4.69, 9.17) is 9.47 Å². The summed E-state index contributed by atoms with van der Waals surface area (Å²) in [5.41, 5.74) is 4.53. The third kappa shape index (κ3) is 8.22. The summed E-state index contributed by atoms with van der Waals surface area (Å²) in [7, 11) is -0.282. The number of aliphatic hydroxyl groups is 1. The monoisotopic (exact) mass is 694 g/mol. The van der Waals surface area contributed by atoms with Crippen LogP contribution >= 0.6 is 0 Å². The Morgan fingerprint density at radius 3 is 2.40 bits per heavy atom. The molecule has 2 saturated heterocycles. The summed E-state index contributed by atoms with van der Waals surface area (Å²) in [6.45, 7) is 8.86. The number of ether oxygens (including phenoxy) is 2. The highest BCUT2D eigenvalue weighted by Gasteiger charge is 2.50. The van der Waals surface area contributed by atoms with Crippen molar-refractivity contribution in [3.63, 3.8) is 0 Å². The molecule has 4 aromatic rings. The Balaban J connectivity index is 1.16. The first kappa shape index (κ1) is 36.0. The topological polar surface area (TPSA) is 89.7 Å². The Bertz CT molecular complexity index is 1660. The van der Waals surface area contributed by atoms with E-state index < -0.39 is 8.07 Å². The maximum absolute atomic E-state index is 12.8. The molecule has 2 fully saturated rings. The molecule has 5 atom stereocenters. The Kier molecular flexibility index (Phi) is 11.9. The van der Waals surface area contributed by atoms with Crippen molar-refractivity contribution in [1.82, 2.24) is 15.0 Å². The molecule has 1 unspecified atom stereocenters. The smallest absolute Gasteiger partial charge is 0.226 e. The minimum Gasteiger partial charge on any atom is -0.497 e. The SMILES string of the molecule is COc1ccc([Si](C)(C)[C@@H]2[C@@H](C)[C@@H](CCc3ccc(N4CCCCCCC4=O)cc3)O[C@H]2CCn2cc(C(CO)c3ccccc3)nn2)cc1. The number of carbonyl (C=O) groups excluding carboxylic acids is 1. The second-order valence-electron chi connectivity index (χ2n) is 14.8. The van der Waals surface area contributed by atoms with Crippen LogP contribution in [-0.4, -0.2) is 66.6 Å². The number of anilines is 1. The fraction of sp³-hybridized carbons (Fsp3) is 0.488. The Labute approximate surface area is 298 Å². The second-order valence-corrected chi connectivity index (χ2v) is 19.5. The molecule has 1 N–H and O–H groups in total. The van der Waals surface area contributed by atoms with Crippen LogP contribution in [0.2, 0.25) is 18.6 Å². The summed E-state index contributed by atoms with van der Waals surface area (Å²) >= 11 is 0. The van der Waals surface area contributed by atoms with Gasteiger partial charge in [0.2, 0.25) is 5.91 Å². The molecule has 1 aromatic heterocycles. The van der Waals surface area contributed by atoms with Gasteiger partial charge in [0.1, 0.15) is 5.75 Å². The lowest BCUT2D eigenvalue weighted by molar-refractivity contribution is -0.118. The molecule has 3 aromatic carbocycles. The summed E-state index contributed by atoms with van der Waals surface area (Å²) in [6, 6.07) is 27.3. The van der Waals surface area contributed by atoms with Crippen molar-refractivity contribution in [2.45, 2.75) is 102 Å². The highest BCUT2D eigenvalue weighted by atomic mass is 28.3. The number of amides is 1. The van der Waals surface area contributed by atoms with E-state index in [0.29, 0.717) is 24.4 Å². The molecule has 50 heavy (non-hydrogen) atoms. The molecular weight excluding hydrogens is 641 g/mol. The quantitative estimate of drug-likeness (QED) is 0.150. The summed E-state index contributed by atoms with van der Waals surface area (Å²) in [6.07, 6.45) is 10.00. The van der Waals surface area contributed by atoms with Crippen LogP contribution in [0.1, 0.15) is 74.6 Å². The number of methoxy groups -OCH3 is 1. The molecule has 2 aliphatic heterocycles. The molecule has 0 radical (unpaired) electrons. The molecule has 2 aliphatic rings. The molecule has 0 spiro atoms. The number of aliphatic hydroxyl groups excluding tert-OH is 1. The first-order valence-electron chi connectivity index (χ1n) is 18.5. The fourth-order valence-corrected chi connectivity index (χ4v) is 12.5. The predicted molar refractivity (Wildman–Crippen MR) is 202 cm³/mol. The number of hydrogen-bond acceptors (Lipinski definition) is 6. The molecule has 3 heterocycles. The molecule has 0 bridgehead atoms. The molecular formula is C41H54N4O4Si. The molecule has 0 saturated carbocycles. The van der Waals surface area contributed by atoms with Crippen molar-refractivity contribution >= 4 is 24.9 Å². The van der Waals surface area contributed by atoms with E-state index in [1.54, 1.807) is 7.11 Å². The van der Waals surface area contributed by atoms with Gasteiger partial charge in [-0.2, -0.15) is 0 Å². The van der Waals surface area contributed by atoms with Gasteiger partial charge in [-0.3, -0.25) is 9.48 Å². The second kappa shape index (κ2) is 16.5. The average molecular weight is 695 g/mol. The minimum absolute atomic E-state index is 0.0174. The van der Waals surface area contributed by atoms with Crippen LogP contribution in [0.25, 0.3) is 0 Å². The van der Waals surface area contributed by atoms with Gasteiger partial charge in [-0.05, 0) is 79.0 Å². The number of nitrogens with zero attached hydrogens (tertiary/aromatic N) is 4. The highest BCUT2D eigenvalue weighted by molar-refractivity contribution is 6.91. The summed E-state index contributed by atoms with van der Waals surface area (Å²) in [4.78, 5) is 14.8. The van der Waals surface area contributed by atoms with E-state index in [2.05, 4.69) is 78.9 Å². The zero-order valence-corrected chi connectivity index (χ0v) is 31.2. The minimum atomic E-state index is -2.00. The lowest BCUT2D eigenvalue weighted by Crippen LogP contribution is -2.50. The van der Waals surface area contributed by atoms with Crippen LogP contribution < -0.4 is 14.8 Å². The van der Waals surface area contributed by atoms with Crippen molar-refractivity contribution in [3.05, 3.63) is 102 Å². The normalized spacial score (nSPS) is 22.3. The maximum Gasteiger partial charge on any atom is 0.226 e. The van der Waals surface area contributed by atoms with Gasteiger partial charge < -0.3 is 19.5 Å². The van der Waals surface area contributed by atoms with Crippen LogP contribution in [0.3, 0.4) is 0 Å². The van der Waals surface area contributed by atoms with E-state index in [-0.39, 0.29) is 30.6 Å². The first-order chi connectivity index (χ1) is 24.3. The number of benzene rings is 3. The van der Waals surface area contributed by atoms with Gasteiger partial charge in [0, 0.05) is 31.4 Å². The molecule has 8 nitrogen and oxygen atoms in total. The van der Waals surface area contributed by atoms with Gasteiger partial charge in [-0.1, -0.05) is 97.9 Å². The van der Waals surface area contributed by atoms with Crippen molar-refractivity contribution in [2.75, 3.05) is 25.2 Å². The van der Waals surface area contributed by atoms with Gasteiger partial charge in [0.25, 0.3) is 0 Å². The summed E-state index contributed by atoms with van der Waals surface area (Å²) in [5.74, 6) is 1.32. The molecule has 0 aliphatic carbocycles. The van der Waals surface area contributed by atoms with Gasteiger partial charge >= 0.3 is 0 Å². The molecule has 266 valence electrons. The predicted octanol–water partition coefficient (Wildman–Crippen LogP) is 7.12. The van der Waals surface area contributed by atoms with E-state index in [1.165, 1.54) is 17.2 Å². The van der Waals surface area contributed by atoms with E-state index in [1.807, 2.05) is 46.1 Å². The van der Waals surface area contributed by atoms with Crippen molar-refractivity contribution in [3.8, 4) is 5.75 Å². The fourth-order valence-electron chi connectivity index (χ4n) is 8.40. The van der Waals surface area contributed by atoms with Crippen LogP contribution in [0.4, 0.5) is 5.69 Å². The van der Waals surface area contributed by atoms with E-state index in [9.17, 15) is 9.90 Å². The number of carbonyl (C=O) groups is 1. The molecule has 9 heteroatoms. The lowest BCUT2D eigenvalue weighted by Gasteiger charge is -2.36. The van der Waals surface area contributed by atoms with Crippen molar-refractivity contribution in [2.24, 2.45) is 5.92 Å². The lowest BCUT2D eigenvalue weighted by atomic mass is 9.95. The van der Waals surface area contributed by atoms with Crippen LogP contribution in [0.15, 0.2) is 85.1 Å². The Hall–Kier alpha value is -3.79. The molecule has 6 rings (SSSR count). The highest BCUT2D eigenvalue weighted by Crippen LogP contribution is 2.46. The zero-order chi connectivity index (χ0) is 35.1. The van der Waals surface area contributed by atoms with Crippen LogP contribution in [0, 0.1) is 5.92 Å². The van der Waals surface area contributed by atoms with Crippen molar-refractivity contribution in [1.29, 1.82) is 0 Å². The van der Waals surface area contributed by atoms with E-state index >= 15 is 0 Å². The Morgan fingerprint density at radius 2 is 1.68 bits per heavy atom. The van der Waals surface area contributed by atoms with Gasteiger partial charge in [0.15, 0.2) is 0 Å². The van der Waals surface area contributed by atoms with E-state index in [0.717, 1.165) is 67.8 Å². The van der Waals surface area contributed by atoms with Crippen molar-refractivity contribution < 1.29 is 19.4 Å². The summed E-state index contributed by atoms with van der Waals surface area (Å²) in [5, 5.41) is 20.5. The van der Waals surface area contributed by atoms with Crippen LogP contribution in [-0.2, 0) is 22.5 Å². The largest absolute Gasteiger partial charge is 0.497 e. The average Bonchev–Trinajstić information content (AvgIpc) is 3.73. The molecule has 1 amide bonds. The van der Waals surface area contributed by atoms with Gasteiger partial charge in [-0.15, -0.1) is 5.10 Å². The van der Waals surface area contributed by atoms with Crippen LogP contribution in [0.5, 0.6) is 5.75 Å². The third-order valence-corrected chi connectivity index (χ3v) is 15.7. The standard InChI is InChI=1S/C41H54N4O4Si/c1-30-38(24-17-31-15-18-33(19-16-31)45-26-11-6-5-10-14-40(45)47)49-39(41(30)50(3,4)35-22-20-34(48-2)21-23-35)25-27-44-28-37(42-43-44)36(29-46)32-12-8-7-9-13-32/h7-9,12-13,15-16,18-23,28,30,36,38-39,41,46H,5-6,10-11,14,17,24-27,29H2,1-4H3/t30-,36?,38+,39-,41+/m0/s1. The first-order valence-corrected chi connectivity index (χ1v) is 21.6. The third-order valence-electron chi connectivity index (χ3n) is 11.3. The van der Waals surface area contributed by atoms with Gasteiger partial charge in [-0.25, -0.2) is 0 Å². The number of rotatable bonds is 13. The number of aryl methyl sites for hydroxylation is 2. The summed E-state index contributed by atoms with van der Waals surface area (Å²) < 4.78 is 14.4. The van der Waals surface area contributed by atoms with Gasteiger partial charge in [0.05, 0.1) is 45.6 Å². The number of hydrogen-bond donors (Lipinski definition) is 1. The zero-order valence-electron chi connectivity index (χ0n) is 30.2.